The average molecular weight is 342 g/mol. The minimum absolute atomic E-state index is 0.413. The van der Waals surface area contributed by atoms with Crippen molar-refractivity contribution in [2.45, 2.75) is 82.9 Å². The maximum absolute atomic E-state index is 5.72. The molecule has 3 rings (SSSR count). The van der Waals surface area contributed by atoms with Crippen molar-refractivity contribution < 1.29 is 4.74 Å². The van der Waals surface area contributed by atoms with E-state index in [4.69, 9.17) is 11.2 Å². The number of terminal acetylenes is 1. The van der Waals surface area contributed by atoms with E-state index in [9.17, 15) is 0 Å². The first-order valence-electron chi connectivity index (χ1n) is 9.76. The molecule has 2 fully saturated rings. The van der Waals surface area contributed by atoms with Crippen molar-refractivity contribution in [3.05, 3.63) is 11.8 Å². The lowest BCUT2D eigenvalue weighted by atomic mass is 9.93. The third kappa shape index (κ3) is 5.09. The number of hydrogen-bond donors (Lipinski definition) is 2. The van der Waals surface area contributed by atoms with Gasteiger partial charge in [-0.2, -0.15) is 4.98 Å². The van der Waals surface area contributed by atoms with Gasteiger partial charge in [-0.3, -0.25) is 0 Å². The maximum atomic E-state index is 5.72. The number of aromatic nitrogens is 2. The van der Waals surface area contributed by atoms with Crippen molar-refractivity contribution in [1.29, 1.82) is 0 Å². The molecule has 1 heterocycles. The normalized spacial score (nSPS) is 24.5. The van der Waals surface area contributed by atoms with Crippen LogP contribution in [0.4, 0.5) is 11.8 Å². The average Bonchev–Trinajstić information content (AvgIpc) is 2.65. The fourth-order valence-electron chi connectivity index (χ4n) is 3.90. The van der Waals surface area contributed by atoms with Crippen LogP contribution < -0.4 is 10.6 Å². The highest BCUT2D eigenvalue weighted by atomic mass is 16.5. The van der Waals surface area contributed by atoms with Gasteiger partial charge in [0.05, 0.1) is 17.9 Å². The van der Waals surface area contributed by atoms with Gasteiger partial charge in [-0.05, 0) is 45.4 Å². The molecule has 0 amide bonds. The van der Waals surface area contributed by atoms with Crippen LogP contribution in [-0.2, 0) is 4.74 Å². The predicted octanol–water partition coefficient (Wildman–Crippen LogP) is 3.96. The number of nitrogens with one attached hydrogen (secondary N) is 2. The smallest absolute Gasteiger partial charge is 0.224 e. The van der Waals surface area contributed by atoms with Gasteiger partial charge in [0.25, 0.3) is 0 Å². The summed E-state index contributed by atoms with van der Waals surface area (Å²) in [7, 11) is 0. The highest BCUT2D eigenvalue weighted by Crippen LogP contribution is 2.25. The summed E-state index contributed by atoms with van der Waals surface area (Å²) in [5, 5.41) is 7.03. The largest absolute Gasteiger partial charge is 0.379 e. The number of ether oxygens (including phenoxy) is 1. The molecule has 2 saturated carbocycles. The van der Waals surface area contributed by atoms with Gasteiger partial charge >= 0.3 is 0 Å². The summed E-state index contributed by atoms with van der Waals surface area (Å²) >= 11 is 0. The molecule has 136 valence electrons. The fourth-order valence-corrected chi connectivity index (χ4v) is 3.90. The van der Waals surface area contributed by atoms with Crippen LogP contribution in [0.15, 0.2) is 6.20 Å². The molecule has 0 aliphatic heterocycles. The molecule has 1 aromatic heterocycles. The van der Waals surface area contributed by atoms with Crippen molar-refractivity contribution in [2.75, 3.05) is 17.2 Å². The van der Waals surface area contributed by atoms with E-state index in [1.807, 2.05) is 0 Å². The minimum atomic E-state index is 0.413. The SMILES string of the molecule is C#Cc1cnc(NC2CCC(OCC)CC2)nc1NC1CCCCC1. The number of anilines is 2. The number of hydrogen-bond acceptors (Lipinski definition) is 5. The fraction of sp³-hybridized carbons (Fsp3) is 0.700. The van der Waals surface area contributed by atoms with Crippen LogP contribution in [-0.4, -0.2) is 34.8 Å². The first-order valence-corrected chi connectivity index (χ1v) is 9.76. The van der Waals surface area contributed by atoms with Crippen molar-refractivity contribution >= 4 is 11.8 Å². The summed E-state index contributed by atoms with van der Waals surface area (Å²) in [4.78, 5) is 9.10. The quantitative estimate of drug-likeness (QED) is 0.766. The van der Waals surface area contributed by atoms with Crippen LogP contribution in [0.5, 0.6) is 0 Å². The molecule has 0 unspecified atom stereocenters. The van der Waals surface area contributed by atoms with Gasteiger partial charge in [-0.15, -0.1) is 6.42 Å². The van der Waals surface area contributed by atoms with E-state index in [-0.39, 0.29) is 0 Å². The highest BCUT2D eigenvalue weighted by molar-refractivity contribution is 5.55. The summed E-state index contributed by atoms with van der Waals surface area (Å²) in [6, 6.07) is 0.890. The lowest BCUT2D eigenvalue weighted by Crippen LogP contribution is -2.30. The monoisotopic (exact) mass is 342 g/mol. The van der Waals surface area contributed by atoms with Crippen LogP contribution in [0.3, 0.4) is 0 Å². The molecule has 5 nitrogen and oxygen atoms in total. The Morgan fingerprint density at radius 3 is 2.48 bits per heavy atom. The Morgan fingerprint density at radius 2 is 1.80 bits per heavy atom. The lowest BCUT2D eigenvalue weighted by Gasteiger charge is -2.29. The molecule has 0 saturated heterocycles. The van der Waals surface area contributed by atoms with Crippen LogP contribution in [0.1, 0.15) is 70.3 Å². The van der Waals surface area contributed by atoms with Gasteiger partial charge in [-0.25, -0.2) is 4.98 Å². The van der Waals surface area contributed by atoms with Crippen molar-refractivity contribution in [2.24, 2.45) is 0 Å². The zero-order valence-electron chi connectivity index (χ0n) is 15.3. The molecule has 1 aromatic rings. The van der Waals surface area contributed by atoms with Crippen LogP contribution in [0.2, 0.25) is 0 Å². The second-order valence-corrected chi connectivity index (χ2v) is 7.15. The highest BCUT2D eigenvalue weighted by Gasteiger charge is 2.22. The molecule has 0 spiro atoms. The van der Waals surface area contributed by atoms with Crippen molar-refractivity contribution in [1.82, 2.24) is 9.97 Å². The van der Waals surface area contributed by atoms with E-state index in [0.717, 1.165) is 43.7 Å². The Hall–Kier alpha value is -1.80. The predicted molar refractivity (Wildman–Crippen MR) is 102 cm³/mol. The molecule has 2 aliphatic carbocycles. The third-order valence-electron chi connectivity index (χ3n) is 5.30. The molecule has 5 heteroatoms. The Labute approximate surface area is 151 Å². The van der Waals surface area contributed by atoms with Crippen molar-refractivity contribution in [3.63, 3.8) is 0 Å². The Bertz CT molecular complexity index is 584. The zero-order valence-corrected chi connectivity index (χ0v) is 15.3. The Kier molecular flexibility index (Phi) is 6.52. The van der Waals surface area contributed by atoms with Gasteiger partial charge < -0.3 is 15.4 Å². The summed E-state index contributed by atoms with van der Waals surface area (Å²) in [6.45, 7) is 2.86. The zero-order chi connectivity index (χ0) is 17.5. The topological polar surface area (TPSA) is 59.1 Å². The molecule has 2 aliphatic rings. The van der Waals surface area contributed by atoms with Crippen LogP contribution in [0.25, 0.3) is 0 Å². The maximum Gasteiger partial charge on any atom is 0.224 e. The summed E-state index contributed by atoms with van der Waals surface area (Å²) in [5.41, 5.74) is 0.746. The van der Waals surface area contributed by atoms with Gasteiger partial charge in [-0.1, -0.05) is 25.2 Å². The molecular formula is C20H30N4O. The lowest BCUT2D eigenvalue weighted by molar-refractivity contribution is 0.0346. The summed E-state index contributed by atoms with van der Waals surface area (Å²) < 4.78 is 5.72. The first kappa shape index (κ1) is 18.0. The second kappa shape index (κ2) is 9.05. The van der Waals surface area contributed by atoms with Gasteiger partial charge in [0, 0.05) is 18.7 Å². The van der Waals surface area contributed by atoms with Crippen LogP contribution >= 0.6 is 0 Å². The van der Waals surface area contributed by atoms with Gasteiger partial charge in [0.15, 0.2) is 0 Å². The first-order chi connectivity index (χ1) is 12.3. The summed E-state index contributed by atoms with van der Waals surface area (Å²) in [6.07, 6.45) is 18.5. The Morgan fingerprint density at radius 1 is 1.08 bits per heavy atom. The van der Waals surface area contributed by atoms with E-state index in [1.165, 1.54) is 32.1 Å². The minimum Gasteiger partial charge on any atom is -0.379 e. The van der Waals surface area contributed by atoms with E-state index in [0.29, 0.717) is 24.1 Å². The molecule has 0 aromatic carbocycles. The number of rotatable bonds is 6. The molecule has 2 N–H and O–H groups in total. The standard InChI is InChI=1S/C20H30N4O/c1-3-15-14-21-20(23-17-10-12-18(13-11-17)25-4-2)24-19(15)22-16-8-6-5-7-9-16/h1,14,16-18H,4-13H2,2H3,(H2,21,22,23,24). The number of nitrogens with zero attached hydrogens (tertiary/aromatic N) is 2. The van der Waals surface area contributed by atoms with E-state index in [1.54, 1.807) is 6.20 Å². The molecule has 0 atom stereocenters. The van der Waals surface area contributed by atoms with Crippen LogP contribution in [0, 0.1) is 12.3 Å². The van der Waals surface area contributed by atoms with Crippen molar-refractivity contribution in [3.8, 4) is 12.3 Å². The molecule has 0 radical (unpaired) electrons. The van der Waals surface area contributed by atoms with Gasteiger partial charge in [0.1, 0.15) is 5.82 Å². The third-order valence-corrected chi connectivity index (χ3v) is 5.30. The van der Waals surface area contributed by atoms with E-state index >= 15 is 0 Å². The molecule has 0 bridgehead atoms. The summed E-state index contributed by atoms with van der Waals surface area (Å²) in [5.74, 6) is 4.18. The Balaban J connectivity index is 1.60. The van der Waals surface area contributed by atoms with E-state index in [2.05, 4.69) is 33.4 Å². The molecule has 25 heavy (non-hydrogen) atoms. The molecular weight excluding hydrogens is 312 g/mol. The van der Waals surface area contributed by atoms with Gasteiger partial charge in [0.2, 0.25) is 5.95 Å². The second-order valence-electron chi connectivity index (χ2n) is 7.15. The van der Waals surface area contributed by atoms with E-state index < -0.39 is 0 Å².